The summed E-state index contributed by atoms with van der Waals surface area (Å²) in [5.74, 6) is 1.22. The number of nitrogens with zero attached hydrogens (tertiary/aromatic N) is 2. The molecule has 0 aliphatic carbocycles. The largest absolute Gasteiger partial charge is 0.486 e. The van der Waals surface area contributed by atoms with E-state index in [1.807, 2.05) is 26.0 Å². The minimum atomic E-state index is -0.189. The van der Waals surface area contributed by atoms with Gasteiger partial charge < -0.3 is 14.8 Å². The normalized spacial score (nSPS) is 16.3. The van der Waals surface area contributed by atoms with Gasteiger partial charge in [-0.2, -0.15) is 0 Å². The van der Waals surface area contributed by atoms with Gasteiger partial charge in [0.25, 0.3) is 5.56 Å². The number of carbonyl (C=O) groups is 1. The number of fused-ring (bicyclic) bond motifs is 2. The van der Waals surface area contributed by atoms with Gasteiger partial charge in [0.15, 0.2) is 16.7 Å². The number of hydrogen-bond donors (Lipinski definition) is 1. The molecule has 1 aromatic heterocycles. The van der Waals surface area contributed by atoms with Crippen LogP contribution in [0.2, 0.25) is 0 Å². The standard InChI is InChI=1S/C25H25N3O4S2/c1-14-8-15(2)10-18(9-14)28-24(30)23-19(11-16(3)34-23)27-25(28)33-13-22(29)26-17-4-5-20-21(12-17)32-7-6-31-20/h4-5,8-10,12,16H,6-7,11,13H2,1-3H3,(H,26,29)/t16-/m0/s1. The molecular formula is C25H25N3O4S2. The second kappa shape index (κ2) is 9.38. The molecule has 9 heteroatoms. The molecule has 2 aromatic carbocycles. The number of rotatable bonds is 5. The van der Waals surface area contributed by atoms with Gasteiger partial charge in [-0.3, -0.25) is 14.2 Å². The Bertz CT molecular complexity index is 1320. The third kappa shape index (κ3) is 4.67. The van der Waals surface area contributed by atoms with E-state index in [-0.39, 0.29) is 17.2 Å². The van der Waals surface area contributed by atoms with Gasteiger partial charge in [0.05, 0.1) is 22.0 Å². The van der Waals surface area contributed by atoms with Crippen molar-refractivity contribution in [1.82, 2.24) is 9.55 Å². The first kappa shape index (κ1) is 22.9. The summed E-state index contributed by atoms with van der Waals surface area (Å²) in [5.41, 5.74) is 4.28. The van der Waals surface area contributed by atoms with Gasteiger partial charge in [-0.25, -0.2) is 4.98 Å². The molecule has 0 saturated carbocycles. The summed E-state index contributed by atoms with van der Waals surface area (Å²) >= 11 is 2.84. The third-order valence-corrected chi connectivity index (χ3v) is 7.66. The van der Waals surface area contributed by atoms with E-state index in [1.165, 1.54) is 11.8 Å². The Labute approximate surface area is 206 Å². The average molecular weight is 496 g/mol. The SMILES string of the molecule is Cc1cc(C)cc(-n2c(SCC(=O)Nc3ccc4c(c3)OCCO4)nc3c(c2=O)S[C@@H](C)C3)c1. The van der Waals surface area contributed by atoms with E-state index in [0.29, 0.717) is 45.7 Å². The van der Waals surface area contributed by atoms with Crippen LogP contribution in [0.5, 0.6) is 11.5 Å². The Hall–Kier alpha value is -2.91. The molecule has 0 fully saturated rings. The van der Waals surface area contributed by atoms with Crippen molar-refractivity contribution in [3.05, 3.63) is 63.6 Å². The molecule has 0 radical (unpaired) electrons. The van der Waals surface area contributed by atoms with Crippen molar-refractivity contribution in [2.24, 2.45) is 0 Å². The first-order chi connectivity index (χ1) is 16.4. The highest BCUT2D eigenvalue weighted by atomic mass is 32.2. The molecule has 176 valence electrons. The fourth-order valence-electron chi connectivity index (χ4n) is 4.15. The molecule has 0 saturated heterocycles. The Morgan fingerprint density at radius 1 is 1.15 bits per heavy atom. The van der Waals surface area contributed by atoms with Crippen molar-refractivity contribution >= 4 is 35.1 Å². The Morgan fingerprint density at radius 2 is 1.88 bits per heavy atom. The van der Waals surface area contributed by atoms with Crippen LogP contribution in [0.4, 0.5) is 5.69 Å². The lowest BCUT2D eigenvalue weighted by Crippen LogP contribution is -2.25. The summed E-state index contributed by atoms with van der Waals surface area (Å²) in [6, 6.07) is 11.4. The summed E-state index contributed by atoms with van der Waals surface area (Å²) in [4.78, 5) is 31.8. The van der Waals surface area contributed by atoms with Gasteiger partial charge in [0, 0.05) is 23.4 Å². The van der Waals surface area contributed by atoms with Crippen LogP contribution < -0.4 is 20.3 Å². The summed E-state index contributed by atoms with van der Waals surface area (Å²) < 4.78 is 12.8. The Balaban J connectivity index is 1.41. The lowest BCUT2D eigenvalue weighted by molar-refractivity contribution is -0.113. The van der Waals surface area contributed by atoms with E-state index in [0.717, 1.165) is 28.9 Å². The molecule has 0 unspecified atom stereocenters. The van der Waals surface area contributed by atoms with Gasteiger partial charge in [-0.15, -0.1) is 11.8 Å². The molecule has 1 atom stereocenters. The maximum atomic E-state index is 13.5. The van der Waals surface area contributed by atoms with Crippen LogP contribution in [0.1, 0.15) is 23.7 Å². The van der Waals surface area contributed by atoms with E-state index >= 15 is 0 Å². The molecule has 1 N–H and O–H groups in total. The first-order valence-corrected chi connectivity index (χ1v) is 13.0. The highest BCUT2D eigenvalue weighted by Crippen LogP contribution is 2.35. The molecule has 3 aromatic rings. The number of anilines is 1. The fraction of sp³-hybridized carbons (Fsp3) is 0.320. The molecule has 0 bridgehead atoms. The second-order valence-electron chi connectivity index (χ2n) is 8.48. The van der Waals surface area contributed by atoms with Crippen molar-refractivity contribution in [3.63, 3.8) is 0 Å². The van der Waals surface area contributed by atoms with Crippen LogP contribution in [0.3, 0.4) is 0 Å². The number of ether oxygens (including phenoxy) is 2. The van der Waals surface area contributed by atoms with E-state index in [1.54, 1.807) is 34.5 Å². The van der Waals surface area contributed by atoms with Crippen molar-refractivity contribution in [3.8, 4) is 17.2 Å². The lowest BCUT2D eigenvalue weighted by Gasteiger charge is -2.19. The first-order valence-electron chi connectivity index (χ1n) is 11.1. The van der Waals surface area contributed by atoms with Crippen LogP contribution in [0.15, 0.2) is 51.2 Å². The maximum absolute atomic E-state index is 13.5. The monoisotopic (exact) mass is 495 g/mol. The zero-order valence-electron chi connectivity index (χ0n) is 19.2. The van der Waals surface area contributed by atoms with Crippen LogP contribution in [-0.4, -0.2) is 39.7 Å². The molecule has 1 amide bonds. The Kier molecular flexibility index (Phi) is 6.31. The summed E-state index contributed by atoms with van der Waals surface area (Å²) in [5, 5.41) is 3.73. The number of carbonyl (C=O) groups excluding carboxylic acids is 1. The van der Waals surface area contributed by atoms with Crippen molar-refractivity contribution in [1.29, 1.82) is 0 Å². The van der Waals surface area contributed by atoms with Crippen molar-refractivity contribution < 1.29 is 14.3 Å². The van der Waals surface area contributed by atoms with Crippen LogP contribution >= 0.6 is 23.5 Å². The molecule has 5 rings (SSSR count). The van der Waals surface area contributed by atoms with Crippen LogP contribution in [-0.2, 0) is 11.2 Å². The lowest BCUT2D eigenvalue weighted by atomic mass is 10.1. The van der Waals surface area contributed by atoms with Gasteiger partial charge in [-0.1, -0.05) is 24.8 Å². The highest BCUT2D eigenvalue weighted by Gasteiger charge is 2.27. The number of aromatic nitrogens is 2. The smallest absolute Gasteiger partial charge is 0.272 e. The number of benzene rings is 2. The maximum Gasteiger partial charge on any atom is 0.272 e. The van der Waals surface area contributed by atoms with E-state index in [4.69, 9.17) is 14.5 Å². The van der Waals surface area contributed by atoms with Crippen LogP contribution in [0, 0.1) is 13.8 Å². The van der Waals surface area contributed by atoms with E-state index in [2.05, 4.69) is 18.3 Å². The molecule has 2 aliphatic rings. The second-order valence-corrected chi connectivity index (χ2v) is 10.9. The van der Waals surface area contributed by atoms with Crippen molar-refractivity contribution in [2.75, 3.05) is 24.3 Å². The van der Waals surface area contributed by atoms with E-state index < -0.39 is 0 Å². The molecular weight excluding hydrogens is 470 g/mol. The quantitative estimate of drug-likeness (QED) is 0.415. The highest BCUT2D eigenvalue weighted by molar-refractivity contribution is 8.00. The van der Waals surface area contributed by atoms with Crippen molar-refractivity contribution in [2.45, 2.75) is 42.5 Å². The number of aryl methyl sites for hydroxylation is 2. The van der Waals surface area contributed by atoms with Gasteiger partial charge in [0.1, 0.15) is 13.2 Å². The van der Waals surface area contributed by atoms with Gasteiger partial charge in [0.2, 0.25) is 5.91 Å². The van der Waals surface area contributed by atoms with Gasteiger partial charge >= 0.3 is 0 Å². The predicted molar refractivity (Wildman–Crippen MR) is 135 cm³/mol. The number of thioether (sulfide) groups is 2. The zero-order valence-corrected chi connectivity index (χ0v) is 20.8. The number of hydrogen-bond acceptors (Lipinski definition) is 7. The fourth-order valence-corrected chi connectivity index (χ4v) is 6.08. The Morgan fingerprint density at radius 3 is 2.65 bits per heavy atom. The van der Waals surface area contributed by atoms with E-state index in [9.17, 15) is 9.59 Å². The van der Waals surface area contributed by atoms with Crippen LogP contribution in [0.25, 0.3) is 5.69 Å². The number of nitrogens with one attached hydrogen (secondary N) is 1. The minimum Gasteiger partial charge on any atom is -0.486 e. The summed E-state index contributed by atoms with van der Waals surface area (Å²) in [7, 11) is 0. The summed E-state index contributed by atoms with van der Waals surface area (Å²) in [6.07, 6.45) is 0.750. The summed E-state index contributed by atoms with van der Waals surface area (Å²) in [6.45, 7) is 7.11. The number of amides is 1. The molecule has 34 heavy (non-hydrogen) atoms. The minimum absolute atomic E-state index is 0.0703. The topological polar surface area (TPSA) is 82.5 Å². The molecule has 3 heterocycles. The van der Waals surface area contributed by atoms with Gasteiger partial charge in [-0.05, 0) is 49.2 Å². The molecule has 2 aliphatic heterocycles. The zero-order chi connectivity index (χ0) is 23.8. The predicted octanol–water partition coefficient (Wildman–Crippen LogP) is 4.39. The molecule has 0 spiro atoms. The third-order valence-electron chi connectivity index (χ3n) is 5.50. The average Bonchev–Trinajstić information content (AvgIpc) is 3.17. The molecule has 7 nitrogen and oxygen atoms in total.